The molecule has 0 spiro atoms. The van der Waals surface area contributed by atoms with Gasteiger partial charge in [-0.1, -0.05) is 0 Å². The van der Waals surface area contributed by atoms with Crippen LogP contribution in [0.1, 0.15) is 5.56 Å². The Hall–Kier alpha value is -1.59. The van der Waals surface area contributed by atoms with Gasteiger partial charge in [0.15, 0.2) is 0 Å². The predicted octanol–water partition coefficient (Wildman–Crippen LogP) is 1.88. The average Bonchev–Trinajstić information content (AvgIpc) is 2.07. The number of anilines is 2. The molecule has 0 fully saturated rings. The summed E-state index contributed by atoms with van der Waals surface area (Å²) in [6.45, 7) is 0. The van der Waals surface area contributed by atoms with Gasteiger partial charge >= 0.3 is 6.18 Å². The number of alkyl halides is 3. The van der Waals surface area contributed by atoms with Crippen LogP contribution in [0, 0.1) is 0 Å². The van der Waals surface area contributed by atoms with E-state index in [4.69, 9.17) is 11.5 Å². The van der Waals surface area contributed by atoms with Crippen LogP contribution in [0.4, 0.5) is 24.5 Å². The molecular weight excluding hydrogens is 197 g/mol. The summed E-state index contributed by atoms with van der Waals surface area (Å²) in [7, 11) is 1.23. The van der Waals surface area contributed by atoms with Crippen molar-refractivity contribution in [1.29, 1.82) is 0 Å². The van der Waals surface area contributed by atoms with E-state index in [2.05, 4.69) is 4.74 Å². The highest BCUT2D eigenvalue weighted by atomic mass is 19.4. The molecule has 0 amide bonds. The zero-order valence-corrected chi connectivity index (χ0v) is 7.35. The Morgan fingerprint density at radius 3 is 2.21 bits per heavy atom. The van der Waals surface area contributed by atoms with Gasteiger partial charge in [-0.05, 0) is 12.1 Å². The number of rotatable bonds is 1. The van der Waals surface area contributed by atoms with Crippen LogP contribution < -0.4 is 16.2 Å². The van der Waals surface area contributed by atoms with Crippen LogP contribution >= 0.6 is 0 Å². The standard InChI is InChI=1S/C8H9F3N2O/c1-14-6-3-4(8(9,10)11)2-5(12)7(6)13/h2-3H,12-13H2,1H3. The second-order valence-corrected chi connectivity index (χ2v) is 2.68. The second-order valence-electron chi connectivity index (χ2n) is 2.68. The molecule has 1 aromatic rings. The van der Waals surface area contributed by atoms with Crippen LogP contribution in [0.3, 0.4) is 0 Å². The summed E-state index contributed by atoms with van der Waals surface area (Å²) in [5.74, 6) is -0.0719. The number of benzene rings is 1. The van der Waals surface area contributed by atoms with E-state index in [1.165, 1.54) is 7.11 Å². The fourth-order valence-electron chi connectivity index (χ4n) is 0.981. The number of hydrogen-bond donors (Lipinski definition) is 2. The highest BCUT2D eigenvalue weighted by Crippen LogP contribution is 2.37. The van der Waals surface area contributed by atoms with Crippen LogP contribution in [0.2, 0.25) is 0 Å². The first kappa shape index (κ1) is 10.5. The fourth-order valence-corrected chi connectivity index (χ4v) is 0.981. The SMILES string of the molecule is COc1cc(C(F)(F)F)cc(N)c1N. The topological polar surface area (TPSA) is 61.3 Å². The number of hydrogen-bond acceptors (Lipinski definition) is 3. The third kappa shape index (κ3) is 1.84. The van der Waals surface area contributed by atoms with Crippen molar-refractivity contribution < 1.29 is 17.9 Å². The van der Waals surface area contributed by atoms with Crippen molar-refractivity contribution in [3.63, 3.8) is 0 Å². The molecule has 1 aromatic carbocycles. The van der Waals surface area contributed by atoms with Gasteiger partial charge in [-0.3, -0.25) is 0 Å². The molecule has 0 radical (unpaired) electrons. The molecular formula is C8H9F3N2O. The number of halogens is 3. The van der Waals surface area contributed by atoms with Crippen molar-refractivity contribution in [2.24, 2.45) is 0 Å². The maximum absolute atomic E-state index is 12.3. The van der Waals surface area contributed by atoms with Crippen LogP contribution in [0.5, 0.6) is 5.75 Å². The van der Waals surface area contributed by atoms with E-state index in [-0.39, 0.29) is 17.1 Å². The lowest BCUT2D eigenvalue weighted by molar-refractivity contribution is -0.137. The third-order valence-corrected chi connectivity index (χ3v) is 1.72. The normalized spacial score (nSPS) is 11.4. The monoisotopic (exact) mass is 206 g/mol. The van der Waals surface area contributed by atoms with E-state index in [1.54, 1.807) is 0 Å². The van der Waals surface area contributed by atoms with Gasteiger partial charge in [0.1, 0.15) is 5.75 Å². The van der Waals surface area contributed by atoms with E-state index in [0.717, 1.165) is 12.1 Å². The minimum absolute atomic E-state index is 0.0144. The maximum Gasteiger partial charge on any atom is 0.416 e. The van der Waals surface area contributed by atoms with Crippen molar-refractivity contribution in [3.05, 3.63) is 17.7 Å². The molecule has 0 aliphatic rings. The van der Waals surface area contributed by atoms with Crippen molar-refractivity contribution in [2.45, 2.75) is 6.18 Å². The summed E-state index contributed by atoms with van der Waals surface area (Å²) in [4.78, 5) is 0. The molecule has 78 valence electrons. The lowest BCUT2D eigenvalue weighted by atomic mass is 10.1. The first-order chi connectivity index (χ1) is 6.36. The van der Waals surface area contributed by atoms with Gasteiger partial charge in [-0.25, -0.2) is 0 Å². The number of methoxy groups -OCH3 is 1. The highest BCUT2D eigenvalue weighted by Gasteiger charge is 2.32. The zero-order valence-electron chi connectivity index (χ0n) is 7.35. The van der Waals surface area contributed by atoms with Gasteiger partial charge in [0, 0.05) is 0 Å². The minimum Gasteiger partial charge on any atom is -0.495 e. The zero-order chi connectivity index (χ0) is 10.9. The number of nitrogen functional groups attached to an aromatic ring is 2. The first-order valence-electron chi connectivity index (χ1n) is 3.66. The van der Waals surface area contributed by atoms with Crippen molar-refractivity contribution in [1.82, 2.24) is 0 Å². The smallest absolute Gasteiger partial charge is 0.416 e. The second kappa shape index (κ2) is 3.28. The molecule has 14 heavy (non-hydrogen) atoms. The van der Waals surface area contributed by atoms with Gasteiger partial charge in [0.05, 0.1) is 24.0 Å². The van der Waals surface area contributed by atoms with Gasteiger partial charge < -0.3 is 16.2 Å². The number of nitrogens with two attached hydrogens (primary N) is 2. The van der Waals surface area contributed by atoms with Crippen molar-refractivity contribution in [3.8, 4) is 5.75 Å². The Labute approximate surface area is 78.5 Å². The predicted molar refractivity (Wildman–Crippen MR) is 46.8 cm³/mol. The summed E-state index contributed by atoms with van der Waals surface area (Å²) < 4.78 is 41.4. The summed E-state index contributed by atoms with van der Waals surface area (Å²) in [6, 6.07) is 1.59. The van der Waals surface area contributed by atoms with Gasteiger partial charge in [-0.2, -0.15) is 13.2 Å². The van der Waals surface area contributed by atoms with Crippen LogP contribution in [0.15, 0.2) is 12.1 Å². The molecule has 0 aliphatic heterocycles. The molecule has 0 aliphatic carbocycles. The molecule has 0 saturated heterocycles. The molecule has 1 rings (SSSR count). The Balaban J connectivity index is 3.30. The highest BCUT2D eigenvalue weighted by molar-refractivity contribution is 5.72. The average molecular weight is 206 g/mol. The van der Waals surface area contributed by atoms with Gasteiger partial charge in [0.2, 0.25) is 0 Å². The lowest BCUT2D eigenvalue weighted by Gasteiger charge is -2.12. The molecule has 4 N–H and O–H groups in total. The Morgan fingerprint density at radius 2 is 1.79 bits per heavy atom. The Kier molecular flexibility index (Phi) is 2.46. The van der Waals surface area contributed by atoms with Crippen LogP contribution in [-0.4, -0.2) is 7.11 Å². The van der Waals surface area contributed by atoms with Gasteiger partial charge in [0.25, 0.3) is 0 Å². The Morgan fingerprint density at radius 1 is 1.21 bits per heavy atom. The molecule has 0 atom stereocenters. The van der Waals surface area contributed by atoms with E-state index >= 15 is 0 Å². The summed E-state index contributed by atoms with van der Waals surface area (Å²) in [6.07, 6.45) is -4.45. The Bertz CT molecular complexity index is 349. The lowest BCUT2D eigenvalue weighted by Crippen LogP contribution is -2.08. The largest absolute Gasteiger partial charge is 0.495 e. The molecule has 6 heteroatoms. The quantitative estimate of drug-likeness (QED) is 0.689. The maximum atomic E-state index is 12.3. The summed E-state index contributed by atoms with van der Waals surface area (Å²) >= 11 is 0. The molecule has 0 unspecified atom stereocenters. The molecule has 0 heterocycles. The molecule has 0 saturated carbocycles. The molecule has 3 nitrogen and oxygen atoms in total. The van der Waals surface area contributed by atoms with E-state index in [0.29, 0.717) is 0 Å². The molecule has 0 aromatic heterocycles. The van der Waals surface area contributed by atoms with E-state index < -0.39 is 11.7 Å². The number of ether oxygens (including phenoxy) is 1. The van der Waals surface area contributed by atoms with E-state index in [9.17, 15) is 13.2 Å². The molecule has 0 bridgehead atoms. The fraction of sp³-hybridized carbons (Fsp3) is 0.250. The van der Waals surface area contributed by atoms with Crippen molar-refractivity contribution in [2.75, 3.05) is 18.6 Å². The summed E-state index contributed by atoms with van der Waals surface area (Å²) in [5.41, 5.74) is 9.67. The van der Waals surface area contributed by atoms with Crippen LogP contribution in [0.25, 0.3) is 0 Å². The van der Waals surface area contributed by atoms with Gasteiger partial charge in [-0.15, -0.1) is 0 Å². The third-order valence-electron chi connectivity index (χ3n) is 1.72. The minimum atomic E-state index is -4.45. The van der Waals surface area contributed by atoms with E-state index in [1.807, 2.05) is 0 Å². The first-order valence-corrected chi connectivity index (χ1v) is 3.66. The van der Waals surface area contributed by atoms with Crippen LogP contribution in [-0.2, 0) is 6.18 Å². The van der Waals surface area contributed by atoms with Crippen molar-refractivity contribution >= 4 is 11.4 Å². The summed E-state index contributed by atoms with van der Waals surface area (Å²) in [5, 5.41) is 0.